The van der Waals surface area contributed by atoms with Crippen molar-refractivity contribution in [2.24, 2.45) is 11.8 Å². The molecule has 1 N–H and O–H groups in total. The van der Waals surface area contributed by atoms with Crippen LogP contribution in [-0.4, -0.2) is 13.2 Å². The number of ether oxygens (including phenoxy) is 1. The topological polar surface area (TPSA) is 21.3 Å². The summed E-state index contributed by atoms with van der Waals surface area (Å²) >= 11 is 0. The lowest BCUT2D eigenvalue weighted by Crippen LogP contribution is -2.20. The Hall–Kier alpha value is -1.02. The van der Waals surface area contributed by atoms with E-state index in [-0.39, 0.29) is 0 Å². The predicted molar refractivity (Wildman–Crippen MR) is 91.8 cm³/mol. The summed E-state index contributed by atoms with van der Waals surface area (Å²) in [6, 6.07) is 8.41. The summed E-state index contributed by atoms with van der Waals surface area (Å²) < 4.78 is 6.10. The zero-order valence-electron chi connectivity index (χ0n) is 14.3. The molecular formula is C19H33NO. The van der Waals surface area contributed by atoms with Crippen LogP contribution in [0.5, 0.6) is 5.75 Å². The lowest BCUT2D eigenvalue weighted by atomic mass is 10.0. The van der Waals surface area contributed by atoms with Crippen molar-refractivity contribution < 1.29 is 4.74 Å². The van der Waals surface area contributed by atoms with Crippen molar-refractivity contribution in [2.45, 2.75) is 59.9 Å². The average molecular weight is 291 g/mol. The van der Waals surface area contributed by atoms with Crippen molar-refractivity contribution in [3.8, 4) is 5.75 Å². The summed E-state index contributed by atoms with van der Waals surface area (Å²) in [5.41, 5.74) is 1.27. The molecule has 0 aliphatic carbocycles. The average Bonchev–Trinajstić information content (AvgIpc) is 2.48. The third kappa shape index (κ3) is 7.52. The minimum Gasteiger partial charge on any atom is -0.493 e. The summed E-state index contributed by atoms with van der Waals surface area (Å²) in [6.07, 6.45) is 5.06. The van der Waals surface area contributed by atoms with Crippen LogP contribution >= 0.6 is 0 Å². The van der Waals surface area contributed by atoms with Crippen LogP contribution in [0.15, 0.2) is 24.3 Å². The molecule has 0 aromatic heterocycles. The number of para-hydroxylation sites is 1. The van der Waals surface area contributed by atoms with Gasteiger partial charge in [-0.2, -0.15) is 0 Å². The number of nitrogens with one attached hydrogen (secondary N) is 1. The van der Waals surface area contributed by atoms with Crippen LogP contribution in [0.4, 0.5) is 0 Å². The van der Waals surface area contributed by atoms with E-state index in [0.29, 0.717) is 11.8 Å². The van der Waals surface area contributed by atoms with Gasteiger partial charge >= 0.3 is 0 Å². The molecule has 1 unspecified atom stereocenters. The van der Waals surface area contributed by atoms with Gasteiger partial charge in [-0.25, -0.2) is 0 Å². The van der Waals surface area contributed by atoms with Crippen LogP contribution in [-0.2, 0) is 6.54 Å². The Kier molecular flexibility index (Phi) is 9.16. The molecule has 0 fully saturated rings. The molecule has 0 saturated heterocycles. The van der Waals surface area contributed by atoms with Gasteiger partial charge in [0.05, 0.1) is 6.61 Å². The summed E-state index contributed by atoms with van der Waals surface area (Å²) in [4.78, 5) is 0. The van der Waals surface area contributed by atoms with E-state index < -0.39 is 0 Å². The number of unbranched alkanes of at least 4 members (excludes halogenated alkanes) is 1. The molecule has 0 heterocycles. The van der Waals surface area contributed by atoms with Crippen LogP contribution < -0.4 is 10.1 Å². The lowest BCUT2D eigenvalue weighted by molar-refractivity contribution is 0.231. The molecular weight excluding hydrogens is 258 g/mol. The number of benzene rings is 1. The standard InChI is InChI=1S/C19H33NO/c1-5-7-10-17(6-2)15-21-19-12-9-8-11-18(19)14-20-13-16(3)4/h8-9,11-12,16-17,20H,5-7,10,13-15H2,1-4H3. The monoisotopic (exact) mass is 291 g/mol. The van der Waals surface area contributed by atoms with Gasteiger partial charge in [-0.1, -0.05) is 65.2 Å². The van der Waals surface area contributed by atoms with E-state index in [1.165, 1.54) is 31.2 Å². The van der Waals surface area contributed by atoms with Crippen LogP contribution in [0, 0.1) is 11.8 Å². The van der Waals surface area contributed by atoms with E-state index in [4.69, 9.17) is 4.74 Å². The molecule has 0 spiro atoms. The van der Waals surface area contributed by atoms with Crippen molar-refractivity contribution in [3.63, 3.8) is 0 Å². The van der Waals surface area contributed by atoms with E-state index in [2.05, 4.69) is 57.3 Å². The number of rotatable bonds is 11. The number of hydrogen-bond donors (Lipinski definition) is 1. The smallest absolute Gasteiger partial charge is 0.123 e. The first-order valence-corrected chi connectivity index (χ1v) is 8.58. The molecule has 0 radical (unpaired) electrons. The third-order valence-electron chi connectivity index (χ3n) is 3.86. The molecule has 1 atom stereocenters. The normalized spacial score (nSPS) is 12.6. The molecule has 1 rings (SSSR count). The van der Waals surface area contributed by atoms with Crippen LogP contribution in [0.25, 0.3) is 0 Å². The Bertz CT molecular complexity index is 376. The molecule has 0 aliphatic rings. The van der Waals surface area contributed by atoms with Gasteiger partial charge < -0.3 is 10.1 Å². The molecule has 2 nitrogen and oxygen atoms in total. The van der Waals surface area contributed by atoms with Gasteiger partial charge in [0.2, 0.25) is 0 Å². The van der Waals surface area contributed by atoms with Crippen molar-refractivity contribution in [1.82, 2.24) is 5.32 Å². The second-order valence-electron chi connectivity index (χ2n) is 6.36. The van der Waals surface area contributed by atoms with Crippen molar-refractivity contribution >= 4 is 0 Å². The van der Waals surface area contributed by atoms with Crippen LogP contribution in [0.3, 0.4) is 0 Å². The number of hydrogen-bond acceptors (Lipinski definition) is 2. The first-order chi connectivity index (χ1) is 10.2. The maximum atomic E-state index is 6.10. The SMILES string of the molecule is CCCCC(CC)COc1ccccc1CNCC(C)C. The minimum absolute atomic E-state index is 0.677. The summed E-state index contributed by atoms with van der Waals surface area (Å²) in [7, 11) is 0. The van der Waals surface area contributed by atoms with Gasteiger partial charge in [0, 0.05) is 12.1 Å². The maximum Gasteiger partial charge on any atom is 0.123 e. The molecule has 0 aliphatic heterocycles. The lowest BCUT2D eigenvalue weighted by Gasteiger charge is -2.18. The zero-order chi connectivity index (χ0) is 15.5. The Balaban J connectivity index is 2.49. The first-order valence-electron chi connectivity index (χ1n) is 8.58. The van der Waals surface area contributed by atoms with Gasteiger partial charge in [-0.05, 0) is 30.9 Å². The molecule has 0 bridgehead atoms. The summed E-state index contributed by atoms with van der Waals surface area (Å²) in [6.45, 7) is 11.8. The maximum absolute atomic E-state index is 6.10. The van der Waals surface area contributed by atoms with Gasteiger partial charge in [-0.3, -0.25) is 0 Å². The largest absolute Gasteiger partial charge is 0.493 e. The predicted octanol–water partition coefficient (Wildman–Crippen LogP) is 5.03. The van der Waals surface area contributed by atoms with E-state index in [1.54, 1.807) is 0 Å². The molecule has 0 amide bonds. The van der Waals surface area contributed by atoms with E-state index in [0.717, 1.165) is 25.4 Å². The Morgan fingerprint density at radius 1 is 1.14 bits per heavy atom. The highest BCUT2D eigenvalue weighted by Gasteiger charge is 2.09. The fourth-order valence-corrected chi connectivity index (χ4v) is 2.39. The highest BCUT2D eigenvalue weighted by atomic mass is 16.5. The molecule has 2 heteroatoms. The zero-order valence-corrected chi connectivity index (χ0v) is 14.3. The third-order valence-corrected chi connectivity index (χ3v) is 3.86. The molecule has 120 valence electrons. The fraction of sp³-hybridized carbons (Fsp3) is 0.684. The van der Waals surface area contributed by atoms with Crippen molar-refractivity contribution in [1.29, 1.82) is 0 Å². The van der Waals surface area contributed by atoms with Crippen molar-refractivity contribution in [2.75, 3.05) is 13.2 Å². The quantitative estimate of drug-likeness (QED) is 0.617. The molecule has 21 heavy (non-hydrogen) atoms. The Labute approximate surface area is 131 Å². The van der Waals surface area contributed by atoms with Crippen LogP contribution in [0.1, 0.15) is 58.9 Å². The minimum atomic E-state index is 0.677. The fourth-order valence-electron chi connectivity index (χ4n) is 2.39. The molecule has 1 aromatic rings. The van der Waals surface area contributed by atoms with E-state index >= 15 is 0 Å². The highest BCUT2D eigenvalue weighted by molar-refractivity contribution is 5.33. The van der Waals surface area contributed by atoms with Gasteiger partial charge in [-0.15, -0.1) is 0 Å². The molecule has 1 aromatic carbocycles. The highest BCUT2D eigenvalue weighted by Crippen LogP contribution is 2.20. The summed E-state index contributed by atoms with van der Waals surface area (Å²) in [5.74, 6) is 2.40. The molecule has 0 saturated carbocycles. The second kappa shape index (κ2) is 10.7. The Morgan fingerprint density at radius 2 is 1.90 bits per heavy atom. The van der Waals surface area contributed by atoms with E-state index in [1.807, 2.05) is 0 Å². The van der Waals surface area contributed by atoms with Crippen molar-refractivity contribution in [3.05, 3.63) is 29.8 Å². The van der Waals surface area contributed by atoms with Gasteiger partial charge in [0.1, 0.15) is 5.75 Å². The van der Waals surface area contributed by atoms with Gasteiger partial charge in [0.25, 0.3) is 0 Å². The van der Waals surface area contributed by atoms with Gasteiger partial charge in [0.15, 0.2) is 0 Å². The first kappa shape index (κ1) is 18.0. The summed E-state index contributed by atoms with van der Waals surface area (Å²) in [5, 5.41) is 3.50. The Morgan fingerprint density at radius 3 is 2.57 bits per heavy atom. The van der Waals surface area contributed by atoms with Crippen LogP contribution in [0.2, 0.25) is 0 Å². The second-order valence-corrected chi connectivity index (χ2v) is 6.36. The van der Waals surface area contributed by atoms with E-state index in [9.17, 15) is 0 Å².